The molecule has 0 atom stereocenters. The zero-order valence-corrected chi connectivity index (χ0v) is 40.3. The number of para-hydroxylation sites is 1. The summed E-state index contributed by atoms with van der Waals surface area (Å²) in [6, 6.07) is 88.6. The minimum atomic E-state index is -0.358. The zero-order valence-electron chi connectivity index (χ0n) is 40.3. The van der Waals surface area contributed by atoms with Crippen molar-refractivity contribution >= 4 is 43.9 Å². The molecule has 0 saturated heterocycles. The smallest absolute Gasteiger partial charge is 0.164 e. The Morgan fingerprint density at radius 1 is 0.240 bits per heavy atom. The summed E-state index contributed by atoms with van der Waals surface area (Å²) in [7, 11) is 0. The topological polar surface area (TPSA) is 65.0 Å². The van der Waals surface area contributed by atoms with Gasteiger partial charge in [-0.1, -0.05) is 212 Å². The lowest BCUT2D eigenvalue weighted by molar-refractivity contribution is 0.668. The lowest BCUT2D eigenvalue weighted by atomic mass is 9.70. The summed E-state index contributed by atoms with van der Waals surface area (Å²) in [6.07, 6.45) is 0. The fourth-order valence-corrected chi connectivity index (χ4v) is 12.6. The molecule has 11 aromatic carbocycles. The Labute approximate surface area is 431 Å². The molecule has 0 unspecified atom stereocenters. The second-order valence-electron chi connectivity index (χ2n) is 19.7. The Hall–Kier alpha value is -9.97. The first kappa shape index (κ1) is 41.6. The highest BCUT2D eigenvalue weighted by atomic mass is 16.3. The second kappa shape index (κ2) is 16.0. The maximum Gasteiger partial charge on any atom is 0.164 e. The van der Waals surface area contributed by atoms with Gasteiger partial charge in [-0.25, -0.2) is 15.0 Å². The molecule has 0 saturated carbocycles. The van der Waals surface area contributed by atoms with Crippen LogP contribution in [0.25, 0.3) is 134 Å². The molecule has 0 fully saturated rings. The van der Waals surface area contributed by atoms with Gasteiger partial charge in [0.05, 0.1) is 5.41 Å². The van der Waals surface area contributed by atoms with Crippen molar-refractivity contribution < 1.29 is 8.83 Å². The lowest BCUT2D eigenvalue weighted by Crippen LogP contribution is -2.25. The van der Waals surface area contributed by atoms with Crippen LogP contribution in [0.15, 0.2) is 258 Å². The van der Waals surface area contributed by atoms with Crippen molar-refractivity contribution in [1.82, 2.24) is 15.0 Å². The van der Waals surface area contributed by atoms with E-state index in [0.29, 0.717) is 17.5 Å². The summed E-state index contributed by atoms with van der Waals surface area (Å²) in [6.45, 7) is 0. The van der Waals surface area contributed by atoms with E-state index < -0.39 is 0 Å². The molecule has 2 aliphatic rings. The summed E-state index contributed by atoms with van der Waals surface area (Å²) in [5.41, 5.74) is 22.7. The van der Waals surface area contributed by atoms with Crippen LogP contribution in [-0.2, 0) is 5.41 Å². The summed E-state index contributed by atoms with van der Waals surface area (Å²) in [4.78, 5) is 16.0. The first-order chi connectivity index (χ1) is 37.2. The van der Waals surface area contributed by atoms with Crippen LogP contribution in [0, 0.1) is 0 Å². The highest BCUT2D eigenvalue weighted by Gasteiger charge is 2.51. The predicted molar refractivity (Wildman–Crippen MR) is 303 cm³/mol. The van der Waals surface area contributed by atoms with E-state index in [9.17, 15) is 0 Å². The third-order valence-electron chi connectivity index (χ3n) is 15.8. The zero-order chi connectivity index (χ0) is 49.2. The molecule has 0 N–H and O–H groups in total. The molecule has 0 bridgehead atoms. The van der Waals surface area contributed by atoms with Gasteiger partial charge in [0.1, 0.15) is 22.3 Å². The van der Waals surface area contributed by atoms with Crippen LogP contribution in [0.1, 0.15) is 22.3 Å². The summed E-state index contributed by atoms with van der Waals surface area (Å²) in [5.74, 6) is 1.68. The molecule has 75 heavy (non-hydrogen) atoms. The minimum absolute atomic E-state index is 0.358. The van der Waals surface area contributed by atoms with Crippen molar-refractivity contribution in [2.45, 2.75) is 5.41 Å². The first-order valence-corrected chi connectivity index (χ1v) is 25.5. The Bertz CT molecular complexity index is 4620. The maximum atomic E-state index is 6.64. The van der Waals surface area contributed by atoms with E-state index in [2.05, 4.69) is 194 Å². The third kappa shape index (κ3) is 6.10. The van der Waals surface area contributed by atoms with Crippen molar-refractivity contribution in [3.8, 4) is 89.8 Å². The Morgan fingerprint density at radius 2 is 0.653 bits per heavy atom. The van der Waals surface area contributed by atoms with E-state index in [1.165, 1.54) is 55.6 Å². The van der Waals surface area contributed by atoms with E-state index in [4.69, 9.17) is 23.8 Å². The van der Waals surface area contributed by atoms with Gasteiger partial charge in [0, 0.05) is 38.2 Å². The van der Waals surface area contributed by atoms with Gasteiger partial charge in [-0.3, -0.25) is 0 Å². The summed E-state index contributed by atoms with van der Waals surface area (Å²) in [5, 5.41) is 3.90. The van der Waals surface area contributed by atoms with Crippen molar-refractivity contribution in [2.24, 2.45) is 0 Å². The fourth-order valence-electron chi connectivity index (χ4n) is 12.6. The van der Waals surface area contributed by atoms with Gasteiger partial charge in [-0.15, -0.1) is 0 Å². The molecule has 5 nitrogen and oxygen atoms in total. The van der Waals surface area contributed by atoms with Crippen LogP contribution in [0.3, 0.4) is 0 Å². The molecular weight excluding hydrogens is 915 g/mol. The quantitative estimate of drug-likeness (QED) is 0.166. The van der Waals surface area contributed by atoms with Crippen LogP contribution in [0.5, 0.6) is 0 Å². The number of fused-ring (bicyclic) bond motifs is 16. The number of hydrogen-bond acceptors (Lipinski definition) is 5. The number of hydrogen-bond donors (Lipinski definition) is 0. The molecule has 5 heteroatoms. The fraction of sp³-hybridized carbons (Fsp3) is 0.0143. The molecule has 3 aromatic heterocycles. The van der Waals surface area contributed by atoms with E-state index in [0.717, 1.165) is 82.8 Å². The first-order valence-electron chi connectivity index (χ1n) is 25.5. The molecule has 348 valence electrons. The molecule has 0 aliphatic heterocycles. The molecule has 1 spiro atoms. The Balaban J connectivity index is 0.816. The van der Waals surface area contributed by atoms with E-state index in [-0.39, 0.29) is 5.41 Å². The highest BCUT2D eigenvalue weighted by Crippen LogP contribution is 2.63. The number of benzene rings is 11. The molecule has 3 heterocycles. The van der Waals surface area contributed by atoms with Crippen molar-refractivity contribution in [1.29, 1.82) is 0 Å². The second-order valence-corrected chi connectivity index (χ2v) is 19.7. The van der Waals surface area contributed by atoms with Gasteiger partial charge in [-0.05, 0) is 114 Å². The average Bonchev–Trinajstić information content (AvgIpc) is 4.40. The molecular formula is C70H41N3O2. The summed E-state index contributed by atoms with van der Waals surface area (Å²) >= 11 is 0. The Kier molecular flexibility index (Phi) is 8.89. The van der Waals surface area contributed by atoms with Gasteiger partial charge >= 0.3 is 0 Å². The molecule has 2 aliphatic carbocycles. The maximum absolute atomic E-state index is 6.64. The summed E-state index contributed by atoms with van der Waals surface area (Å²) < 4.78 is 13.0. The number of nitrogens with zero attached hydrogens (tertiary/aromatic N) is 3. The van der Waals surface area contributed by atoms with Gasteiger partial charge in [0.15, 0.2) is 17.5 Å². The standard InChI is InChI=1S/C70H41N3O2/c1-2-16-44(17-3-1)47-18-4-5-22-51(47)67-71-68(53-24-14-30-63-65(53)52-23-9-13-29-61(52)74-63)73-69(72-67)54-25-15-31-64-66(54)56-41-46(37-39-62(56)75-64)43-34-32-42(33-35-43)45-36-38-60-55(40-45)50-21-8-12-28-59(50)70(60)57-26-10-6-19-48(57)49-20-7-11-27-58(49)70/h1-41H. The van der Waals surface area contributed by atoms with Crippen LogP contribution < -0.4 is 0 Å². The van der Waals surface area contributed by atoms with E-state index >= 15 is 0 Å². The van der Waals surface area contributed by atoms with Crippen molar-refractivity contribution in [2.75, 3.05) is 0 Å². The van der Waals surface area contributed by atoms with Crippen molar-refractivity contribution in [3.05, 3.63) is 271 Å². The van der Waals surface area contributed by atoms with Crippen LogP contribution in [0.2, 0.25) is 0 Å². The van der Waals surface area contributed by atoms with Crippen molar-refractivity contribution in [3.63, 3.8) is 0 Å². The minimum Gasteiger partial charge on any atom is -0.456 e. The van der Waals surface area contributed by atoms with Gasteiger partial charge in [0.25, 0.3) is 0 Å². The average molecular weight is 956 g/mol. The normalized spacial score (nSPS) is 12.9. The van der Waals surface area contributed by atoms with Gasteiger partial charge in [-0.2, -0.15) is 0 Å². The number of rotatable bonds is 6. The number of furan rings is 2. The van der Waals surface area contributed by atoms with Crippen LogP contribution in [-0.4, -0.2) is 15.0 Å². The SMILES string of the molecule is c1ccc(-c2ccccc2-c2nc(-c3cccc4oc5ccccc5c34)nc(-c3cccc4oc5ccc(-c6ccc(-c7ccc8c(c7)-c7ccccc7C87c8ccccc8-c8ccccc87)cc6)cc5c34)n2)cc1. The predicted octanol–water partition coefficient (Wildman–Crippen LogP) is 18.0. The van der Waals surface area contributed by atoms with E-state index in [1.54, 1.807) is 0 Å². The van der Waals surface area contributed by atoms with Crippen LogP contribution in [0.4, 0.5) is 0 Å². The molecule has 0 radical (unpaired) electrons. The highest BCUT2D eigenvalue weighted by molar-refractivity contribution is 6.14. The number of aromatic nitrogens is 3. The molecule has 16 rings (SSSR count). The van der Waals surface area contributed by atoms with E-state index in [1.807, 2.05) is 54.6 Å². The third-order valence-corrected chi connectivity index (χ3v) is 15.8. The monoisotopic (exact) mass is 955 g/mol. The molecule has 0 amide bonds. The Morgan fingerprint density at radius 3 is 1.28 bits per heavy atom. The van der Waals surface area contributed by atoms with Crippen LogP contribution >= 0.6 is 0 Å². The van der Waals surface area contributed by atoms with Gasteiger partial charge in [0.2, 0.25) is 0 Å². The largest absolute Gasteiger partial charge is 0.456 e. The molecule has 14 aromatic rings. The van der Waals surface area contributed by atoms with Gasteiger partial charge < -0.3 is 8.83 Å². The lowest BCUT2D eigenvalue weighted by Gasteiger charge is -2.30.